The fourth-order valence-electron chi connectivity index (χ4n) is 3.03. The molecule has 4 rings (SSSR count). The lowest BCUT2D eigenvalue weighted by atomic mass is 10.1. The lowest BCUT2D eigenvalue weighted by Gasteiger charge is -2.12. The molecule has 0 radical (unpaired) electrons. The average molecular weight is 422 g/mol. The Morgan fingerprint density at radius 1 is 1.19 bits per heavy atom. The minimum atomic E-state index is -1.04. The van der Waals surface area contributed by atoms with Gasteiger partial charge in [-0.15, -0.1) is 0 Å². The van der Waals surface area contributed by atoms with E-state index in [4.69, 9.17) is 4.74 Å². The number of benzene rings is 2. The lowest BCUT2D eigenvalue weighted by Crippen LogP contribution is -2.22. The molecule has 0 saturated heterocycles. The summed E-state index contributed by atoms with van der Waals surface area (Å²) in [4.78, 5) is 35.8. The standard InChI is InChI=1S/C20H15FN6O4/c1-26-18-14(23-17(19(26)28)11-6-4-3-5-7-11)10-22-20(25-18)24-13-9-15(27(29)30)12(21)8-16(13)31-2/h3-10H,1-2H3,(H,22,24,25). The van der Waals surface area contributed by atoms with Gasteiger partial charge >= 0.3 is 5.69 Å². The fourth-order valence-corrected chi connectivity index (χ4v) is 3.03. The monoisotopic (exact) mass is 422 g/mol. The van der Waals surface area contributed by atoms with Gasteiger partial charge in [-0.2, -0.15) is 9.37 Å². The Hall–Kier alpha value is -4.41. The number of nitrogens with zero attached hydrogens (tertiary/aromatic N) is 5. The van der Waals surface area contributed by atoms with Gasteiger partial charge in [0.1, 0.15) is 17.0 Å². The summed E-state index contributed by atoms with van der Waals surface area (Å²) < 4.78 is 20.3. The number of nitro benzene ring substituents is 1. The van der Waals surface area contributed by atoms with Crippen molar-refractivity contribution in [3.8, 4) is 17.0 Å². The molecule has 0 aliphatic heterocycles. The Morgan fingerprint density at radius 2 is 1.94 bits per heavy atom. The van der Waals surface area contributed by atoms with E-state index >= 15 is 0 Å². The molecule has 2 aromatic heterocycles. The molecule has 11 heteroatoms. The van der Waals surface area contributed by atoms with E-state index in [1.54, 1.807) is 31.3 Å². The van der Waals surface area contributed by atoms with Gasteiger partial charge in [0.05, 0.1) is 23.9 Å². The van der Waals surface area contributed by atoms with E-state index in [-0.39, 0.29) is 34.3 Å². The number of nitro groups is 1. The minimum absolute atomic E-state index is 0.0240. The van der Waals surface area contributed by atoms with Crippen LogP contribution in [0.5, 0.6) is 5.75 Å². The number of anilines is 2. The number of hydrogen-bond acceptors (Lipinski definition) is 8. The lowest BCUT2D eigenvalue weighted by molar-refractivity contribution is -0.387. The second-order valence-corrected chi connectivity index (χ2v) is 6.48. The van der Waals surface area contributed by atoms with Gasteiger partial charge in [0.2, 0.25) is 11.8 Å². The number of aromatic nitrogens is 4. The maximum Gasteiger partial charge on any atom is 0.307 e. The van der Waals surface area contributed by atoms with E-state index in [9.17, 15) is 19.3 Å². The van der Waals surface area contributed by atoms with Crippen LogP contribution in [0, 0.1) is 15.9 Å². The summed E-state index contributed by atoms with van der Waals surface area (Å²) in [7, 11) is 2.85. The van der Waals surface area contributed by atoms with Gasteiger partial charge in [-0.25, -0.2) is 9.97 Å². The highest BCUT2D eigenvalue weighted by Crippen LogP contribution is 2.33. The minimum Gasteiger partial charge on any atom is -0.494 e. The SMILES string of the molecule is COc1cc(F)c([N+](=O)[O-])cc1Nc1ncc2nc(-c3ccccc3)c(=O)n(C)c2n1. The van der Waals surface area contributed by atoms with Crippen LogP contribution in [-0.4, -0.2) is 31.6 Å². The van der Waals surface area contributed by atoms with Crippen LogP contribution in [0.4, 0.5) is 21.7 Å². The molecule has 0 aliphatic carbocycles. The van der Waals surface area contributed by atoms with Crippen LogP contribution in [-0.2, 0) is 7.05 Å². The molecule has 0 unspecified atom stereocenters. The van der Waals surface area contributed by atoms with Crippen LogP contribution in [0.15, 0.2) is 53.5 Å². The summed E-state index contributed by atoms with van der Waals surface area (Å²) >= 11 is 0. The number of hydrogen-bond donors (Lipinski definition) is 1. The van der Waals surface area contributed by atoms with Gasteiger partial charge in [0.25, 0.3) is 5.56 Å². The van der Waals surface area contributed by atoms with Crippen molar-refractivity contribution in [2.24, 2.45) is 7.05 Å². The zero-order valence-corrected chi connectivity index (χ0v) is 16.4. The van der Waals surface area contributed by atoms with Gasteiger partial charge in [-0.1, -0.05) is 30.3 Å². The number of ether oxygens (including phenoxy) is 1. The second kappa shape index (κ2) is 7.78. The Kier molecular flexibility index (Phi) is 4.99. The molecule has 2 heterocycles. The van der Waals surface area contributed by atoms with Crippen LogP contribution in [0.2, 0.25) is 0 Å². The van der Waals surface area contributed by atoms with Crippen molar-refractivity contribution < 1.29 is 14.1 Å². The van der Waals surface area contributed by atoms with E-state index in [2.05, 4.69) is 20.3 Å². The molecule has 0 aliphatic rings. The van der Waals surface area contributed by atoms with Crippen molar-refractivity contribution in [1.82, 2.24) is 19.5 Å². The quantitative estimate of drug-likeness (QED) is 0.384. The topological polar surface area (TPSA) is 125 Å². The molecule has 0 bridgehead atoms. The number of halogens is 1. The first-order valence-corrected chi connectivity index (χ1v) is 8.97. The van der Waals surface area contributed by atoms with Crippen molar-refractivity contribution in [2.45, 2.75) is 0 Å². The van der Waals surface area contributed by atoms with Crippen molar-refractivity contribution in [2.75, 3.05) is 12.4 Å². The Labute approximate surface area is 174 Å². The van der Waals surface area contributed by atoms with Crippen LogP contribution >= 0.6 is 0 Å². The predicted molar refractivity (Wildman–Crippen MR) is 111 cm³/mol. The summed E-state index contributed by atoms with van der Waals surface area (Å²) in [6.07, 6.45) is 1.42. The number of aryl methyl sites for hydroxylation is 1. The maximum atomic E-state index is 13.9. The summed E-state index contributed by atoms with van der Waals surface area (Å²) in [5.41, 5.74) is 0.561. The van der Waals surface area contributed by atoms with E-state index in [0.717, 1.165) is 12.1 Å². The summed E-state index contributed by atoms with van der Waals surface area (Å²) in [6.45, 7) is 0. The second-order valence-electron chi connectivity index (χ2n) is 6.48. The van der Waals surface area contributed by atoms with Gasteiger partial charge < -0.3 is 10.1 Å². The molecule has 4 aromatic rings. The molecule has 0 fully saturated rings. The number of nitrogens with one attached hydrogen (secondary N) is 1. The van der Waals surface area contributed by atoms with Crippen molar-refractivity contribution in [1.29, 1.82) is 0 Å². The first-order chi connectivity index (χ1) is 14.9. The summed E-state index contributed by atoms with van der Waals surface area (Å²) in [5.74, 6) is -0.985. The van der Waals surface area contributed by atoms with Gasteiger partial charge in [0, 0.05) is 24.7 Å². The summed E-state index contributed by atoms with van der Waals surface area (Å²) in [5, 5.41) is 13.8. The molecule has 2 aromatic carbocycles. The Morgan fingerprint density at radius 3 is 2.61 bits per heavy atom. The maximum absolute atomic E-state index is 13.9. The van der Waals surface area contributed by atoms with Crippen LogP contribution in [0.3, 0.4) is 0 Å². The zero-order chi connectivity index (χ0) is 22.1. The number of methoxy groups -OCH3 is 1. The molecule has 0 spiro atoms. The van der Waals surface area contributed by atoms with Crippen molar-refractivity contribution in [3.05, 3.63) is 74.9 Å². The van der Waals surface area contributed by atoms with E-state index in [1.165, 1.54) is 17.9 Å². The average Bonchev–Trinajstić information content (AvgIpc) is 2.77. The van der Waals surface area contributed by atoms with E-state index < -0.39 is 16.4 Å². The Balaban J connectivity index is 1.79. The molecule has 0 atom stereocenters. The fraction of sp³-hybridized carbons (Fsp3) is 0.100. The van der Waals surface area contributed by atoms with E-state index in [0.29, 0.717) is 11.1 Å². The molecule has 156 valence electrons. The van der Waals surface area contributed by atoms with Crippen LogP contribution in [0.25, 0.3) is 22.4 Å². The smallest absolute Gasteiger partial charge is 0.307 e. The number of fused-ring (bicyclic) bond motifs is 1. The van der Waals surface area contributed by atoms with Gasteiger partial charge in [-0.05, 0) is 0 Å². The highest BCUT2D eigenvalue weighted by molar-refractivity contribution is 5.76. The van der Waals surface area contributed by atoms with Crippen LogP contribution < -0.4 is 15.6 Å². The van der Waals surface area contributed by atoms with Crippen molar-refractivity contribution >= 4 is 28.5 Å². The third-order valence-electron chi connectivity index (χ3n) is 4.57. The molecular weight excluding hydrogens is 407 g/mol. The molecule has 31 heavy (non-hydrogen) atoms. The normalized spacial score (nSPS) is 10.8. The molecule has 1 N–H and O–H groups in total. The number of rotatable bonds is 5. The van der Waals surface area contributed by atoms with Crippen LogP contribution in [0.1, 0.15) is 0 Å². The highest BCUT2D eigenvalue weighted by atomic mass is 19.1. The Bertz CT molecular complexity index is 1370. The highest BCUT2D eigenvalue weighted by Gasteiger charge is 2.20. The molecule has 0 amide bonds. The first-order valence-electron chi connectivity index (χ1n) is 8.97. The third kappa shape index (κ3) is 3.64. The zero-order valence-electron chi connectivity index (χ0n) is 16.4. The third-order valence-corrected chi connectivity index (χ3v) is 4.57. The molecule has 0 saturated carbocycles. The first kappa shape index (κ1) is 19.9. The van der Waals surface area contributed by atoms with Gasteiger partial charge in [-0.3, -0.25) is 19.5 Å². The van der Waals surface area contributed by atoms with Gasteiger partial charge in [0.15, 0.2) is 5.65 Å². The molecule has 10 nitrogen and oxygen atoms in total. The molecular formula is C20H15FN6O4. The van der Waals surface area contributed by atoms with E-state index in [1.807, 2.05) is 6.07 Å². The van der Waals surface area contributed by atoms with Crippen molar-refractivity contribution in [3.63, 3.8) is 0 Å². The largest absolute Gasteiger partial charge is 0.494 e. The summed E-state index contributed by atoms with van der Waals surface area (Å²) in [6, 6.07) is 10.9. The predicted octanol–water partition coefficient (Wildman–Crippen LogP) is 3.19.